The lowest BCUT2D eigenvalue weighted by atomic mass is 10.1. The number of hydrogen-bond acceptors (Lipinski definition) is 4. The first-order valence-electron chi connectivity index (χ1n) is 6.64. The van der Waals surface area contributed by atoms with Gasteiger partial charge in [0.05, 0.1) is 4.88 Å². The first-order chi connectivity index (χ1) is 9.92. The first-order valence-corrected chi connectivity index (χ1v) is 8.40. The highest BCUT2D eigenvalue weighted by molar-refractivity contribution is 7.15. The van der Waals surface area contributed by atoms with E-state index in [-0.39, 0.29) is 0 Å². The van der Waals surface area contributed by atoms with Crippen LogP contribution in [-0.2, 0) is 13.0 Å². The molecule has 0 unspecified atom stereocenters. The van der Waals surface area contributed by atoms with Crippen molar-refractivity contribution in [1.29, 1.82) is 0 Å². The Morgan fingerprint density at radius 3 is 2.80 bits per heavy atom. The van der Waals surface area contributed by atoms with Crippen LogP contribution in [0.25, 0.3) is 10.4 Å². The number of nitrogens with one attached hydrogen (secondary N) is 1. The molecule has 2 nitrogen and oxygen atoms in total. The van der Waals surface area contributed by atoms with Gasteiger partial charge in [0.15, 0.2) is 0 Å². The molecule has 0 bridgehead atoms. The molecule has 0 spiro atoms. The van der Waals surface area contributed by atoms with Gasteiger partial charge in [-0.25, -0.2) is 4.98 Å². The van der Waals surface area contributed by atoms with Crippen molar-refractivity contribution >= 4 is 22.7 Å². The van der Waals surface area contributed by atoms with Crippen LogP contribution in [0.15, 0.2) is 53.4 Å². The van der Waals surface area contributed by atoms with E-state index in [2.05, 4.69) is 57.5 Å². The molecular weight excluding hydrogens is 284 g/mol. The number of benzene rings is 1. The van der Waals surface area contributed by atoms with Gasteiger partial charge in [0, 0.05) is 18.3 Å². The molecule has 1 N–H and O–H groups in total. The zero-order chi connectivity index (χ0) is 13.6. The molecule has 0 aliphatic carbocycles. The summed E-state index contributed by atoms with van der Waals surface area (Å²) in [5.41, 5.74) is 2.65. The largest absolute Gasteiger partial charge is 0.310 e. The highest BCUT2D eigenvalue weighted by Crippen LogP contribution is 2.27. The maximum absolute atomic E-state index is 4.48. The van der Waals surface area contributed by atoms with E-state index in [4.69, 9.17) is 0 Å². The molecule has 2 heterocycles. The summed E-state index contributed by atoms with van der Waals surface area (Å²) in [6.45, 7) is 1.83. The Morgan fingerprint density at radius 1 is 1.10 bits per heavy atom. The summed E-state index contributed by atoms with van der Waals surface area (Å²) in [5.74, 6) is 0. The van der Waals surface area contributed by atoms with Crippen molar-refractivity contribution in [2.24, 2.45) is 0 Å². The van der Waals surface area contributed by atoms with Gasteiger partial charge in [0.25, 0.3) is 0 Å². The molecule has 102 valence electrons. The molecular formula is C16H16N2S2. The van der Waals surface area contributed by atoms with Crippen molar-refractivity contribution in [3.8, 4) is 10.4 Å². The minimum absolute atomic E-state index is 0.849. The van der Waals surface area contributed by atoms with Gasteiger partial charge in [-0.2, -0.15) is 11.3 Å². The predicted molar refractivity (Wildman–Crippen MR) is 87.3 cm³/mol. The second-order valence-corrected chi connectivity index (χ2v) is 6.44. The normalized spacial score (nSPS) is 10.8. The highest BCUT2D eigenvalue weighted by atomic mass is 32.1. The van der Waals surface area contributed by atoms with Gasteiger partial charge in [-0.15, -0.1) is 11.3 Å². The standard InChI is InChI=1S/C16H16N2S2/c1-2-4-13(5-3-1)6-8-17-11-16-18-10-15(20-16)14-7-9-19-12-14/h1-5,7,9-10,12,17H,6,8,11H2. The molecule has 0 fully saturated rings. The van der Waals surface area contributed by atoms with Crippen LogP contribution in [-0.4, -0.2) is 11.5 Å². The molecule has 0 aliphatic rings. The quantitative estimate of drug-likeness (QED) is 0.690. The lowest BCUT2D eigenvalue weighted by Gasteiger charge is -2.02. The Hall–Kier alpha value is -1.49. The lowest BCUT2D eigenvalue weighted by molar-refractivity contribution is 0.684. The summed E-state index contributed by atoms with van der Waals surface area (Å²) >= 11 is 3.50. The Balaban J connectivity index is 1.47. The highest BCUT2D eigenvalue weighted by Gasteiger charge is 2.04. The maximum Gasteiger partial charge on any atom is 0.107 e. The Labute approximate surface area is 127 Å². The zero-order valence-electron chi connectivity index (χ0n) is 11.1. The van der Waals surface area contributed by atoms with Crippen LogP contribution in [0, 0.1) is 0 Å². The predicted octanol–water partition coefficient (Wildman–Crippen LogP) is 4.20. The van der Waals surface area contributed by atoms with Crippen molar-refractivity contribution in [3.05, 3.63) is 63.9 Å². The average molecular weight is 300 g/mol. The summed E-state index contributed by atoms with van der Waals surface area (Å²) in [4.78, 5) is 5.73. The molecule has 0 atom stereocenters. The van der Waals surface area contributed by atoms with E-state index in [9.17, 15) is 0 Å². The molecule has 0 saturated heterocycles. The fraction of sp³-hybridized carbons (Fsp3) is 0.188. The molecule has 0 amide bonds. The molecule has 20 heavy (non-hydrogen) atoms. The van der Waals surface area contributed by atoms with E-state index in [1.807, 2.05) is 6.20 Å². The number of aromatic nitrogens is 1. The topological polar surface area (TPSA) is 24.9 Å². The minimum Gasteiger partial charge on any atom is -0.310 e. The third-order valence-electron chi connectivity index (χ3n) is 3.07. The molecule has 1 aromatic carbocycles. The molecule has 0 saturated carbocycles. The van der Waals surface area contributed by atoms with Crippen LogP contribution >= 0.6 is 22.7 Å². The monoisotopic (exact) mass is 300 g/mol. The summed E-state index contributed by atoms with van der Waals surface area (Å²) < 4.78 is 0. The van der Waals surface area contributed by atoms with E-state index in [0.717, 1.165) is 24.5 Å². The minimum atomic E-state index is 0.849. The molecule has 3 rings (SSSR count). The van der Waals surface area contributed by atoms with Gasteiger partial charge in [-0.1, -0.05) is 30.3 Å². The van der Waals surface area contributed by atoms with Crippen LogP contribution in [0.2, 0.25) is 0 Å². The van der Waals surface area contributed by atoms with Crippen LogP contribution in [0.3, 0.4) is 0 Å². The van der Waals surface area contributed by atoms with Gasteiger partial charge in [0.2, 0.25) is 0 Å². The second-order valence-electron chi connectivity index (χ2n) is 4.54. The molecule has 4 heteroatoms. The summed E-state index contributed by atoms with van der Waals surface area (Å²) in [6, 6.07) is 12.7. The molecule has 0 aliphatic heterocycles. The van der Waals surface area contributed by atoms with Crippen LogP contribution in [0.1, 0.15) is 10.6 Å². The fourth-order valence-corrected chi connectivity index (χ4v) is 3.62. The smallest absolute Gasteiger partial charge is 0.107 e. The van der Waals surface area contributed by atoms with Gasteiger partial charge in [-0.3, -0.25) is 0 Å². The first kappa shape index (κ1) is 13.5. The summed E-state index contributed by atoms with van der Waals surface area (Å²) in [5, 5.41) is 8.88. The summed E-state index contributed by atoms with van der Waals surface area (Å²) in [7, 11) is 0. The van der Waals surface area contributed by atoms with Crippen molar-refractivity contribution in [1.82, 2.24) is 10.3 Å². The van der Waals surface area contributed by atoms with E-state index < -0.39 is 0 Å². The third-order valence-corrected chi connectivity index (χ3v) is 4.80. The summed E-state index contributed by atoms with van der Waals surface area (Å²) in [6.07, 6.45) is 3.03. The average Bonchev–Trinajstić information content (AvgIpc) is 3.15. The number of rotatable bonds is 6. The number of hydrogen-bond donors (Lipinski definition) is 1. The number of nitrogens with zero attached hydrogens (tertiary/aromatic N) is 1. The second kappa shape index (κ2) is 6.79. The number of thiophene rings is 1. The Kier molecular flexibility index (Phi) is 4.58. The van der Waals surface area contributed by atoms with Crippen LogP contribution < -0.4 is 5.32 Å². The van der Waals surface area contributed by atoms with Gasteiger partial charge < -0.3 is 5.32 Å². The van der Waals surface area contributed by atoms with E-state index in [0.29, 0.717) is 0 Å². The van der Waals surface area contributed by atoms with Crippen molar-refractivity contribution in [2.45, 2.75) is 13.0 Å². The van der Waals surface area contributed by atoms with E-state index >= 15 is 0 Å². The van der Waals surface area contributed by atoms with Gasteiger partial charge in [0.1, 0.15) is 5.01 Å². The Bertz CT molecular complexity index is 630. The zero-order valence-corrected chi connectivity index (χ0v) is 12.7. The van der Waals surface area contributed by atoms with E-state index in [1.165, 1.54) is 16.0 Å². The third kappa shape index (κ3) is 3.54. The fourth-order valence-electron chi connectivity index (χ4n) is 2.00. The van der Waals surface area contributed by atoms with Gasteiger partial charge >= 0.3 is 0 Å². The lowest BCUT2D eigenvalue weighted by Crippen LogP contribution is -2.16. The van der Waals surface area contributed by atoms with Crippen molar-refractivity contribution in [2.75, 3.05) is 6.54 Å². The van der Waals surface area contributed by atoms with Gasteiger partial charge in [-0.05, 0) is 35.4 Å². The number of thiazole rings is 1. The van der Waals surface area contributed by atoms with Crippen LogP contribution in [0.5, 0.6) is 0 Å². The maximum atomic E-state index is 4.48. The SMILES string of the molecule is c1ccc(CCNCc2ncc(-c3ccsc3)s2)cc1. The van der Waals surface area contributed by atoms with Crippen LogP contribution in [0.4, 0.5) is 0 Å². The van der Waals surface area contributed by atoms with E-state index in [1.54, 1.807) is 22.7 Å². The van der Waals surface area contributed by atoms with Crippen molar-refractivity contribution < 1.29 is 0 Å². The Morgan fingerprint density at radius 2 is 2.00 bits per heavy atom. The molecule has 2 aromatic heterocycles. The molecule has 0 radical (unpaired) electrons. The molecule has 3 aromatic rings. The van der Waals surface area contributed by atoms with Crippen molar-refractivity contribution in [3.63, 3.8) is 0 Å².